The number of hydrogen-bond donors (Lipinski definition) is 0. The Bertz CT molecular complexity index is 667. The van der Waals surface area contributed by atoms with Gasteiger partial charge in [0.05, 0.1) is 7.11 Å². The van der Waals surface area contributed by atoms with E-state index in [1.807, 2.05) is 24.3 Å². The van der Waals surface area contributed by atoms with Crippen molar-refractivity contribution in [2.24, 2.45) is 0 Å². The number of nitrogens with zero attached hydrogens (tertiary/aromatic N) is 1. The Kier molecular flexibility index (Phi) is 4.20. The number of rotatable bonds is 2. The van der Waals surface area contributed by atoms with Crippen LogP contribution in [0.2, 0.25) is 0 Å². The van der Waals surface area contributed by atoms with E-state index in [2.05, 4.69) is 0 Å². The molecule has 0 amide bonds. The van der Waals surface area contributed by atoms with E-state index in [0.29, 0.717) is 11.3 Å². The summed E-state index contributed by atoms with van der Waals surface area (Å²) in [5.41, 5.74) is 0.357. The van der Waals surface area contributed by atoms with Crippen LogP contribution in [0, 0.1) is 0 Å². The minimum atomic E-state index is -0.452. The summed E-state index contributed by atoms with van der Waals surface area (Å²) in [6, 6.07) is 11.2. The van der Waals surface area contributed by atoms with Crippen molar-refractivity contribution in [1.82, 2.24) is 4.90 Å². The quantitative estimate of drug-likeness (QED) is 0.628. The molecule has 0 aromatic heterocycles. The first-order valence-corrected chi connectivity index (χ1v) is 6.44. The topological polar surface area (TPSA) is 38.8 Å². The first-order chi connectivity index (χ1) is 9.52. The van der Waals surface area contributed by atoms with Gasteiger partial charge in [-0.05, 0) is 35.1 Å². The van der Waals surface area contributed by atoms with E-state index in [-0.39, 0.29) is 5.17 Å². The van der Waals surface area contributed by atoms with Crippen LogP contribution < -0.4 is 4.74 Å². The second-order valence-electron chi connectivity index (χ2n) is 4.45. The van der Waals surface area contributed by atoms with E-state index in [9.17, 15) is 4.79 Å². The van der Waals surface area contributed by atoms with Crippen LogP contribution in [-0.2, 0) is 4.74 Å². The molecule has 0 aliphatic rings. The number of carbonyl (C=O) groups is 1. The highest BCUT2D eigenvalue weighted by atomic mass is 32.1. The molecule has 2 aromatic rings. The molecule has 0 unspecified atom stereocenters. The Morgan fingerprint density at radius 3 is 2.30 bits per heavy atom. The fourth-order valence-corrected chi connectivity index (χ4v) is 1.85. The molecular formula is C15H15NO3S. The molecule has 0 atom stereocenters. The van der Waals surface area contributed by atoms with Crippen LogP contribution in [0.25, 0.3) is 10.8 Å². The maximum atomic E-state index is 11.9. The van der Waals surface area contributed by atoms with E-state index < -0.39 is 5.97 Å². The first kappa shape index (κ1) is 14.3. The molecule has 0 radical (unpaired) electrons. The first-order valence-electron chi connectivity index (χ1n) is 6.03. The summed E-state index contributed by atoms with van der Waals surface area (Å²) in [5, 5.41) is 2.19. The Balaban J connectivity index is 2.54. The van der Waals surface area contributed by atoms with E-state index in [1.54, 1.807) is 31.1 Å². The number of benzene rings is 2. The number of methoxy groups -OCH3 is 1. The number of fused-ring (bicyclic) bond motifs is 1. The van der Waals surface area contributed by atoms with Crippen LogP contribution >= 0.6 is 12.2 Å². The summed E-state index contributed by atoms with van der Waals surface area (Å²) in [6.45, 7) is 0. The number of hydrogen-bond acceptors (Lipinski definition) is 4. The van der Waals surface area contributed by atoms with E-state index in [1.165, 1.54) is 7.11 Å². The molecule has 0 heterocycles. The predicted octanol–water partition coefficient (Wildman–Crippen LogP) is 2.85. The van der Waals surface area contributed by atoms with Crippen LogP contribution in [0.3, 0.4) is 0 Å². The number of thiocarbonyl (C=S) groups is 1. The molecule has 0 bridgehead atoms. The van der Waals surface area contributed by atoms with Gasteiger partial charge in [0.25, 0.3) is 5.17 Å². The smallest absolute Gasteiger partial charge is 0.341 e. The average molecular weight is 289 g/mol. The number of esters is 1. The molecule has 0 aliphatic heterocycles. The van der Waals surface area contributed by atoms with Gasteiger partial charge in [-0.25, -0.2) is 4.79 Å². The molecule has 2 rings (SSSR count). The maximum Gasteiger partial charge on any atom is 0.341 e. The van der Waals surface area contributed by atoms with Crippen molar-refractivity contribution in [3.63, 3.8) is 0 Å². The van der Waals surface area contributed by atoms with Crippen molar-refractivity contribution in [2.75, 3.05) is 21.2 Å². The van der Waals surface area contributed by atoms with Crippen LogP contribution in [0.5, 0.6) is 5.75 Å². The van der Waals surface area contributed by atoms with Crippen LogP contribution in [0.1, 0.15) is 10.4 Å². The minimum absolute atomic E-state index is 0.283. The van der Waals surface area contributed by atoms with E-state index >= 15 is 0 Å². The van der Waals surface area contributed by atoms with Crippen LogP contribution in [-0.4, -0.2) is 37.2 Å². The van der Waals surface area contributed by atoms with E-state index in [4.69, 9.17) is 21.7 Å². The molecule has 2 aromatic carbocycles. The summed E-state index contributed by atoms with van der Waals surface area (Å²) in [5.74, 6) is -0.0541. The van der Waals surface area contributed by atoms with Gasteiger partial charge in [-0.1, -0.05) is 24.3 Å². The van der Waals surface area contributed by atoms with Crippen molar-refractivity contribution in [3.8, 4) is 5.75 Å². The zero-order valence-corrected chi connectivity index (χ0v) is 12.4. The van der Waals surface area contributed by atoms with E-state index in [0.717, 1.165) is 10.8 Å². The molecule has 0 N–H and O–H groups in total. The van der Waals surface area contributed by atoms with Crippen LogP contribution in [0.15, 0.2) is 36.4 Å². The summed E-state index contributed by atoms with van der Waals surface area (Å²) < 4.78 is 10.4. The highest BCUT2D eigenvalue weighted by Gasteiger charge is 2.16. The third-order valence-corrected chi connectivity index (χ3v) is 3.26. The van der Waals surface area contributed by atoms with Crippen molar-refractivity contribution in [2.45, 2.75) is 0 Å². The van der Waals surface area contributed by atoms with Gasteiger partial charge in [0, 0.05) is 14.1 Å². The van der Waals surface area contributed by atoms with Gasteiger partial charge in [0.2, 0.25) is 0 Å². The second-order valence-corrected chi connectivity index (χ2v) is 4.80. The largest absolute Gasteiger partial charge is 0.465 e. The maximum absolute atomic E-state index is 11.9. The summed E-state index contributed by atoms with van der Waals surface area (Å²) in [6.07, 6.45) is 0. The van der Waals surface area contributed by atoms with Crippen LogP contribution in [0.4, 0.5) is 0 Å². The monoisotopic (exact) mass is 289 g/mol. The fourth-order valence-electron chi connectivity index (χ4n) is 1.76. The SMILES string of the molecule is COC(=O)c1cc2ccccc2cc1OC(=S)N(C)C. The van der Waals surface area contributed by atoms with Crippen molar-refractivity contribution in [1.29, 1.82) is 0 Å². The second kappa shape index (κ2) is 5.88. The molecule has 104 valence electrons. The standard InChI is InChI=1S/C15H15NO3S/c1-16(2)15(20)19-13-9-11-7-5-4-6-10(11)8-12(13)14(17)18-3/h4-9H,1-3H3. The lowest BCUT2D eigenvalue weighted by Crippen LogP contribution is -2.25. The van der Waals surface area contributed by atoms with Gasteiger partial charge in [-0.2, -0.15) is 0 Å². The van der Waals surface area contributed by atoms with Gasteiger partial charge < -0.3 is 14.4 Å². The summed E-state index contributed by atoms with van der Waals surface area (Å²) in [4.78, 5) is 13.5. The minimum Gasteiger partial charge on any atom is -0.465 e. The Morgan fingerprint density at radius 2 is 1.75 bits per heavy atom. The molecule has 0 aliphatic carbocycles. The van der Waals surface area contributed by atoms with Gasteiger partial charge in [0.1, 0.15) is 11.3 Å². The third kappa shape index (κ3) is 2.88. The molecule has 5 heteroatoms. The number of carbonyl (C=O) groups excluding carboxylic acids is 1. The lowest BCUT2D eigenvalue weighted by molar-refractivity contribution is 0.0598. The summed E-state index contributed by atoms with van der Waals surface area (Å²) >= 11 is 5.12. The lowest BCUT2D eigenvalue weighted by Gasteiger charge is -2.16. The van der Waals surface area contributed by atoms with Gasteiger partial charge >= 0.3 is 5.97 Å². The van der Waals surface area contributed by atoms with Gasteiger partial charge in [0.15, 0.2) is 0 Å². The van der Waals surface area contributed by atoms with Gasteiger partial charge in [-0.15, -0.1) is 0 Å². The molecule has 20 heavy (non-hydrogen) atoms. The normalized spacial score (nSPS) is 10.2. The van der Waals surface area contributed by atoms with Crippen molar-refractivity contribution >= 4 is 34.1 Å². The molecule has 0 saturated heterocycles. The predicted molar refractivity (Wildman–Crippen MR) is 82.2 cm³/mol. The number of ether oxygens (including phenoxy) is 2. The third-order valence-electron chi connectivity index (χ3n) is 2.82. The highest BCUT2D eigenvalue weighted by molar-refractivity contribution is 7.80. The van der Waals surface area contributed by atoms with Gasteiger partial charge in [-0.3, -0.25) is 0 Å². The average Bonchev–Trinajstić information content (AvgIpc) is 2.45. The molecule has 0 saturated carbocycles. The lowest BCUT2D eigenvalue weighted by atomic mass is 10.1. The zero-order chi connectivity index (χ0) is 14.7. The summed E-state index contributed by atoms with van der Waals surface area (Å²) in [7, 11) is 4.90. The fraction of sp³-hybridized carbons (Fsp3) is 0.200. The molecule has 0 spiro atoms. The molecule has 4 nitrogen and oxygen atoms in total. The Labute approximate surface area is 122 Å². The Morgan fingerprint density at radius 1 is 1.15 bits per heavy atom. The highest BCUT2D eigenvalue weighted by Crippen LogP contribution is 2.27. The van der Waals surface area contributed by atoms with Crippen molar-refractivity contribution < 1.29 is 14.3 Å². The van der Waals surface area contributed by atoms with Crippen molar-refractivity contribution in [3.05, 3.63) is 42.0 Å². The molecule has 0 fully saturated rings. The zero-order valence-electron chi connectivity index (χ0n) is 11.5. The molecular weight excluding hydrogens is 274 g/mol. The Hall–Kier alpha value is -2.14.